The smallest absolute Gasteiger partial charge is 0.0943 e. The minimum absolute atomic E-state index is 0.410. The quantitative estimate of drug-likeness (QED) is 0.866. The topological polar surface area (TPSA) is 24.9 Å². The maximum absolute atomic E-state index is 4.33. The summed E-state index contributed by atoms with van der Waals surface area (Å²) in [6, 6.07) is 2.60. The predicted octanol–water partition coefficient (Wildman–Crippen LogP) is 3.10. The molecule has 1 unspecified atom stereocenters. The van der Waals surface area contributed by atoms with Crippen LogP contribution < -0.4 is 5.32 Å². The van der Waals surface area contributed by atoms with Crippen molar-refractivity contribution in [2.45, 2.75) is 19.4 Å². The zero-order valence-corrected chi connectivity index (χ0v) is 10.3. The van der Waals surface area contributed by atoms with E-state index < -0.39 is 0 Å². The fourth-order valence-corrected chi connectivity index (χ4v) is 2.93. The molecular weight excluding hydrogens is 224 g/mol. The van der Waals surface area contributed by atoms with E-state index in [2.05, 4.69) is 34.1 Å². The maximum Gasteiger partial charge on any atom is 0.0943 e. The standard InChI is InChI=1S/C11H14N2S2/c1-2-12-10(9-3-5-14-8-9)7-11-13-4-6-15-11/h3-6,8,10,12H,2,7H2,1H3. The lowest BCUT2D eigenvalue weighted by Gasteiger charge is -2.15. The summed E-state index contributed by atoms with van der Waals surface area (Å²) in [6.45, 7) is 3.13. The van der Waals surface area contributed by atoms with Crippen LogP contribution in [-0.4, -0.2) is 11.5 Å². The summed E-state index contributed by atoms with van der Waals surface area (Å²) in [5.41, 5.74) is 1.37. The van der Waals surface area contributed by atoms with Crippen LogP contribution in [0, 0.1) is 0 Å². The molecule has 2 heterocycles. The summed E-state index contributed by atoms with van der Waals surface area (Å²) >= 11 is 3.48. The van der Waals surface area contributed by atoms with Crippen LogP contribution in [0.3, 0.4) is 0 Å². The number of rotatable bonds is 5. The fraction of sp³-hybridized carbons (Fsp3) is 0.364. The van der Waals surface area contributed by atoms with Crippen molar-refractivity contribution in [3.63, 3.8) is 0 Å². The second-order valence-electron chi connectivity index (χ2n) is 3.30. The van der Waals surface area contributed by atoms with Gasteiger partial charge in [-0.25, -0.2) is 4.98 Å². The molecule has 2 aromatic rings. The Morgan fingerprint density at radius 3 is 3.00 bits per heavy atom. The Hall–Kier alpha value is -0.710. The van der Waals surface area contributed by atoms with Crippen molar-refractivity contribution in [3.8, 4) is 0 Å². The van der Waals surface area contributed by atoms with E-state index in [4.69, 9.17) is 0 Å². The van der Waals surface area contributed by atoms with Crippen LogP contribution in [0.1, 0.15) is 23.5 Å². The van der Waals surface area contributed by atoms with Gasteiger partial charge in [0.15, 0.2) is 0 Å². The lowest BCUT2D eigenvalue weighted by atomic mass is 10.1. The van der Waals surface area contributed by atoms with Gasteiger partial charge < -0.3 is 5.32 Å². The van der Waals surface area contributed by atoms with Crippen molar-refractivity contribution >= 4 is 22.7 Å². The molecule has 15 heavy (non-hydrogen) atoms. The number of nitrogens with zero attached hydrogens (tertiary/aromatic N) is 1. The lowest BCUT2D eigenvalue weighted by molar-refractivity contribution is 0.550. The average Bonchev–Trinajstić information content (AvgIpc) is 2.89. The highest BCUT2D eigenvalue weighted by atomic mass is 32.1. The molecular formula is C11H14N2S2. The van der Waals surface area contributed by atoms with E-state index in [0.717, 1.165) is 13.0 Å². The monoisotopic (exact) mass is 238 g/mol. The molecule has 0 spiro atoms. The molecule has 0 saturated carbocycles. The molecule has 4 heteroatoms. The van der Waals surface area contributed by atoms with Gasteiger partial charge in [0.05, 0.1) is 5.01 Å². The first-order valence-corrected chi connectivity index (χ1v) is 6.86. The Balaban J connectivity index is 2.07. The first kappa shape index (κ1) is 10.8. The van der Waals surface area contributed by atoms with Gasteiger partial charge in [-0.05, 0) is 28.9 Å². The van der Waals surface area contributed by atoms with Crippen LogP contribution in [0.5, 0.6) is 0 Å². The molecule has 80 valence electrons. The van der Waals surface area contributed by atoms with Crippen LogP contribution in [0.25, 0.3) is 0 Å². The Morgan fingerprint density at radius 2 is 2.40 bits per heavy atom. The third kappa shape index (κ3) is 2.87. The predicted molar refractivity (Wildman–Crippen MR) is 66.6 cm³/mol. The van der Waals surface area contributed by atoms with Crippen molar-refractivity contribution in [1.29, 1.82) is 0 Å². The summed E-state index contributed by atoms with van der Waals surface area (Å²) in [7, 11) is 0. The van der Waals surface area contributed by atoms with E-state index in [9.17, 15) is 0 Å². The van der Waals surface area contributed by atoms with Crippen molar-refractivity contribution in [3.05, 3.63) is 39.0 Å². The number of thiazole rings is 1. The third-order valence-electron chi connectivity index (χ3n) is 2.26. The number of hydrogen-bond acceptors (Lipinski definition) is 4. The van der Waals surface area contributed by atoms with Crippen LogP contribution in [0.2, 0.25) is 0 Å². The Kier molecular flexibility index (Phi) is 3.88. The number of aromatic nitrogens is 1. The highest BCUT2D eigenvalue weighted by Gasteiger charge is 2.12. The van der Waals surface area contributed by atoms with E-state index >= 15 is 0 Å². The van der Waals surface area contributed by atoms with E-state index in [0.29, 0.717) is 6.04 Å². The largest absolute Gasteiger partial charge is 0.310 e. The summed E-state index contributed by atoms with van der Waals surface area (Å²) in [5.74, 6) is 0. The van der Waals surface area contributed by atoms with Crippen LogP contribution in [0.4, 0.5) is 0 Å². The zero-order chi connectivity index (χ0) is 10.5. The third-order valence-corrected chi connectivity index (χ3v) is 3.76. The van der Waals surface area contributed by atoms with E-state index in [1.807, 2.05) is 11.6 Å². The normalized spacial score (nSPS) is 12.9. The molecule has 2 nitrogen and oxygen atoms in total. The van der Waals surface area contributed by atoms with Gasteiger partial charge in [-0.3, -0.25) is 0 Å². The Labute approximate surface area is 98.0 Å². The highest BCUT2D eigenvalue weighted by Crippen LogP contribution is 2.21. The van der Waals surface area contributed by atoms with Crippen molar-refractivity contribution in [2.75, 3.05) is 6.54 Å². The van der Waals surface area contributed by atoms with Crippen LogP contribution in [-0.2, 0) is 6.42 Å². The van der Waals surface area contributed by atoms with Crippen molar-refractivity contribution < 1.29 is 0 Å². The highest BCUT2D eigenvalue weighted by molar-refractivity contribution is 7.09. The molecule has 0 aliphatic rings. The number of thiophene rings is 1. The Bertz CT molecular complexity index is 367. The number of nitrogens with one attached hydrogen (secondary N) is 1. The molecule has 0 radical (unpaired) electrons. The first-order chi connectivity index (χ1) is 7.40. The molecule has 0 fully saturated rings. The summed E-state index contributed by atoms with van der Waals surface area (Å²) in [5, 5.41) is 11.1. The molecule has 0 amide bonds. The second-order valence-corrected chi connectivity index (χ2v) is 5.06. The van der Waals surface area contributed by atoms with Gasteiger partial charge in [0.2, 0.25) is 0 Å². The van der Waals surface area contributed by atoms with Gasteiger partial charge in [-0.2, -0.15) is 11.3 Å². The molecule has 2 aromatic heterocycles. The van der Waals surface area contributed by atoms with Crippen LogP contribution in [0.15, 0.2) is 28.4 Å². The van der Waals surface area contributed by atoms with E-state index in [1.165, 1.54) is 10.6 Å². The average molecular weight is 238 g/mol. The fourth-order valence-electron chi connectivity index (χ4n) is 1.56. The van der Waals surface area contributed by atoms with Gasteiger partial charge >= 0.3 is 0 Å². The molecule has 0 aliphatic heterocycles. The number of likely N-dealkylation sites (N-methyl/N-ethyl adjacent to an activating group) is 1. The molecule has 1 atom stereocenters. The summed E-state index contributed by atoms with van der Waals surface area (Å²) < 4.78 is 0. The second kappa shape index (κ2) is 5.39. The van der Waals surface area contributed by atoms with Gasteiger partial charge in [-0.1, -0.05) is 6.92 Å². The number of hydrogen-bond donors (Lipinski definition) is 1. The molecule has 2 rings (SSSR count). The zero-order valence-electron chi connectivity index (χ0n) is 8.64. The van der Waals surface area contributed by atoms with Crippen molar-refractivity contribution in [1.82, 2.24) is 10.3 Å². The van der Waals surface area contributed by atoms with Gasteiger partial charge in [0.25, 0.3) is 0 Å². The maximum atomic E-state index is 4.33. The van der Waals surface area contributed by atoms with Crippen molar-refractivity contribution in [2.24, 2.45) is 0 Å². The molecule has 0 aromatic carbocycles. The molecule has 0 bridgehead atoms. The summed E-state index contributed by atoms with van der Waals surface area (Å²) in [6.07, 6.45) is 2.86. The molecule has 1 N–H and O–H groups in total. The summed E-state index contributed by atoms with van der Waals surface area (Å²) in [4.78, 5) is 4.33. The molecule has 0 saturated heterocycles. The minimum Gasteiger partial charge on any atom is -0.310 e. The SMILES string of the molecule is CCNC(Cc1nccs1)c1ccsc1. The van der Waals surface area contributed by atoms with Crippen LogP contribution >= 0.6 is 22.7 Å². The van der Waals surface area contributed by atoms with Gasteiger partial charge in [0, 0.05) is 24.0 Å². The Morgan fingerprint density at radius 1 is 1.47 bits per heavy atom. The molecule has 0 aliphatic carbocycles. The van der Waals surface area contributed by atoms with E-state index in [-0.39, 0.29) is 0 Å². The van der Waals surface area contributed by atoms with Gasteiger partial charge in [-0.15, -0.1) is 11.3 Å². The minimum atomic E-state index is 0.410. The lowest BCUT2D eigenvalue weighted by Crippen LogP contribution is -2.22. The van der Waals surface area contributed by atoms with E-state index in [1.54, 1.807) is 22.7 Å². The van der Waals surface area contributed by atoms with Gasteiger partial charge in [0.1, 0.15) is 0 Å². The first-order valence-electron chi connectivity index (χ1n) is 5.04.